The number of hydrogen-bond acceptors (Lipinski definition) is 5. The maximum atomic E-state index is 15.3. The Bertz CT molecular complexity index is 1050. The van der Waals surface area contributed by atoms with Gasteiger partial charge in [0.2, 0.25) is 0 Å². The van der Waals surface area contributed by atoms with Crippen LogP contribution in [0.5, 0.6) is 0 Å². The number of nitrogens with zero attached hydrogens (tertiary/aromatic N) is 1. The van der Waals surface area contributed by atoms with Crippen molar-refractivity contribution in [3.63, 3.8) is 0 Å². The van der Waals surface area contributed by atoms with Crippen LogP contribution in [0, 0.1) is 0 Å². The highest BCUT2D eigenvalue weighted by atomic mass is 19.3. The van der Waals surface area contributed by atoms with E-state index < -0.39 is 23.6 Å². The summed E-state index contributed by atoms with van der Waals surface area (Å²) in [7, 11) is 1.22. The summed E-state index contributed by atoms with van der Waals surface area (Å²) in [6.45, 7) is 1.94. The highest BCUT2D eigenvalue weighted by Crippen LogP contribution is 2.39. The Morgan fingerprint density at radius 2 is 1.69 bits per heavy atom. The van der Waals surface area contributed by atoms with E-state index in [4.69, 9.17) is 4.74 Å². The van der Waals surface area contributed by atoms with Crippen LogP contribution in [0.4, 0.5) is 8.78 Å². The number of aromatic nitrogens is 1. The number of fused-ring (bicyclic) bond motifs is 1. The number of benzene rings is 2. The minimum Gasteiger partial charge on any atom is -0.466 e. The molecule has 0 aliphatic heterocycles. The number of rotatable bonds is 6. The van der Waals surface area contributed by atoms with Gasteiger partial charge in [-0.3, -0.25) is 9.78 Å². The van der Waals surface area contributed by atoms with Gasteiger partial charge >= 0.3 is 17.9 Å². The predicted molar refractivity (Wildman–Crippen MR) is 103 cm³/mol. The Hall–Kier alpha value is -3.35. The average molecular weight is 399 g/mol. The molecular formula is C22H19F2NO4. The fraction of sp³-hybridized carbons (Fsp3) is 0.227. The van der Waals surface area contributed by atoms with Gasteiger partial charge in [-0.25, -0.2) is 4.79 Å². The Labute approximate surface area is 166 Å². The molecule has 3 rings (SSSR count). The lowest BCUT2D eigenvalue weighted by molar-refractivity contribution is -0.142. The Morgan fingerprint density at radius 3 is 2.31 bits per heavy atom. The minimum absolute atomic E-state index is 0.0545. The van der Waals surface area contributed by atoms with E-state index in [9.17, 15) is 9.59 Å². The van der Waals surface area contributed by atoms with Crippen molar-refractivity contribution in [2.24, 2.45) is 0 Å². The van der Waals surface area contributed by atoms with Gasteiger partial charge in [-0.05, 0) is 30.0 Å². The molecule has 0 bridgehead atoms. The highest BCUT2D eigenvalue weighted by molar-refractivity contribution is 5.91. The second-order valence-electron chi connectivity index (χ2n) is 6.30. The maximum absolute atomic E-state index is 15.3. The zero-order chi connectivity index (χ0) is 21.0. The molecule has 0 fully saturated rings. The number of pyridine rings is 1. The molecule has 0 aliphatic rings. The van der Waals surface area contributed by atoms with Crippen LogP contribution in [-0.4, -0.2) is 30.6 Å². The molecule has 0 saturated heterocycles. The van der Waals surface area contributed by atoms with Gasteiger partial charge in [0.05, 0.1) is 25.7 Å². The van der Waals surface area contributed by atoms with Crippen LogP contribution in [0.25, 0.3) is 10.8 Å². The molecule has 2 aromatic carbocycles. The van der Waals surface area contributed by atoms with E-state index in [0.29, 0.717) is 10.9 Å². The van der Waals surface area contributed by atoms with Crippen LogP contribution in [0.1, 0.15) is 34.1 Å². The molecular weight excluding hydrogens is 380 g/mol. The molecule has 29 heavy (non-hydrogen) atoms. The molecule has 0 atom stereocenters. The number of carbonyl (C=O) groups excluding carboxylic acids is 2. The molecule has 0 amide bonds. The molecule has 0 N–H and O–H groups in total. The third-order valence-electron chi connectivity index (χ3n) is 4.48. The second-order valence-corrected chi connectivity index (χ2v) is 6.30. The van der Waals surface area contributed by atoms with E-state index >= 15 is 8.78 Å². The lowest BCUT2D eigenvalue weighted by Crippen LogP contribution is -2.19. The van der Waals surface area contributed by atoms with Crippen molar-refractivity contribution >= 4 is 22.7 Å². The minimum atomic E-state index is -3.41. The van der Waals surface area contributed by atoms with Crippen LogP contribution < -0.4 is 0 Å². The number of ether oxygens (including phenoxy) is 2. The molecule has 0 saturated carbocycles. The summed E-state index contributed by atoms with van der Waals surface area (Å²) in [6.07, 6.45) is 1.23. The zero-order valence-corrected chi connectivity index (χ0v) is 15.9. The molecule has 7 heteroatoms. The van der Waals surface area contributed by atoms with Crippen LogP contribution in [-0.2, 0) is 26.6 Å². The van der Waals surface area contributed by atoms with Gasteiger partial charge in [0.25, 0.3) is 0 Å². The van der Waals surface area contributed by atoms with Crippen molar-refractivity contribution in [1.29, 1.82) is 0 Å². The number of halogens is 2. The third-order valence-corrected chi connectivity index (χ3v) is 4.48. The second kappa shape index (κ2) is 8.34. The quantitative estimate of drug-likeness (QED) is 0.580. The summed E-state index contributed by atoms with van der Waals surface area (Å²) in [6, 6.07) is 11.5. The molecule has 3 aromatic rings. The van der Waals surface area contributed by atoms with E-state index in [1.165, 1.54) is 37.6 Å². The molecule has 0 radical (unpaired) electrons. The number of carbonyl (C=O) groups is 2. The Morgan fingerprint density at radius 1 is 1.03 bits per heavy atom. The van der Waals surface area contributed by atoms with Crippen molar-refractivity contribution in [3.05, 3.63) is 77.1 Å². The molecule has 0 unspecified atom stereocenters. The Kier molecular flexibility index (Phi) is 5.87. The smallest absolute Gasteiger partial charge is 0.337 e. The summed E-state index contributed by atoms with van der Waals surface area (Å²) >= 11 is 0. The van der Waals surface area contributed by atoms with E-state index in [-0.39, 0.29) is 29.5 Å². The largest absolute Gasteiger partial charge is 0.466 e. The van der Waals surface area contributed by atoms with Crippen LogP contribution in [0.3, 0.4) is 0 Å². The highest BCUT2D eigenvalue weighted by Gasteiger charge is 2.37. The maximum Gasteiger partial charge on any atom is 0.337 e. The fourth-order valence-corrected chi connectivity index (χ4v) is 3.08. The predicted octanol–water partition coefficient (Wildman–Crippen LogP) is 4.27. The van der Waals surface area contributed by atoms with E-state index in [2.05, 4.69) is 9.72 Å². The van der Waals surface area contributed by atoms with Gasteiger partial charge in [-0.15, -0.1) is 0 Å². The normalized spacial score (nSPS) is 11.3. The monoisotopic (exact) mass is 399 g/mol. The first-order chi connectivity index (χ1) is 13.9. The van der Waals surface area contributed by atoms with Gasteiger partial charge in [0.1, 0.15) is 5.69 Å². The third kappa shape index (κ3) is 4.08. The first-order valence-corrected chi connectivity index (χ1v) is 8.97. The van der Waals surface area contributed by atoms with Gasteiger partial charge in [0.15, 0.2) is 0 Å². The van der Waals surface area contributed by atoms with Crippen molar-refractivity contribution in [2.45, 2.75) is 19.3 Å². The average Bonchev–Trinajstić information content (AvgIpc) is 2.73. The summed E-state index contributed by atoms with van der Waals surface area (Å²) in [5.41, 5.74) is -0.0400. The van der Waals surface area contributed by atoms with Crippen LogP contribution in [0.15, 0.2) is 54.7 Å². The molecule has 0 spiro atoms. The van der Waals surface area contributed by atoms with E-state index in [1.54, 1.807) is 31.2 Å². The topological polar surface area (TPSA) is 65.5 Å². The van der Waals surface area contributed by atoms with Crippen molar-refractivity contribution < 1.29 is 27.8 Å². The Balaban J connectivity index is 2.04. The number of hydrogen-bond donors (Lipinski definition) is 0. The van der Waals surface area contributed by atoms with Crippen molar-refractivity contribution in [2.75, 3.05) is 13.7 Å². The summed E-state index contributed by atoms with van der Waals surface area (Å²) in [5.74, 6) is -4.46. The SMILES string of the molecule is CCOC(=O)Cc1cnc(C(F)(F)c2ccc(C(=O)OC)cc2)c2ccccc12. The molecule has 0 aliphatic carbocycles. The van der Waals surface area contributed by atoms with Gasteiger partial charge in [-0.2, -0.15) is 8.78 Å². The van der Waals surface area contributed by atoms with Gasteiger partial charge in [-0.1, -0.05) is 36.4 Å². The summed E-state index contributed by atoms with van der Waals surface area (Å²) in [5, 5.41) is 0.757. The fourth-order valence-electron chi connectivity index (χ4n) is 3.08. The molecule has 150 valence electrons. The van der Waals surface area contributed by atoms with Crippen molar-refractivity contribution in [3.8, 4) is 0 Å². The standard InChI is InChI=1S/C22H19F2NO4/c1-3-29-19(26)12-15-13-25-20(18-7-5-4-6-17(15)18)22(23,24)16-10-8-14(9-11-16)21(27)28-2/h4-11,13H,3,12H2,1-2H3. The van der Waals surface area contributed by atoms with Gasteiger partial charge < -0.3 is 9.47 Å². The van der Waals surface area contributed by atoms with Crippen LogP contribution >= 0.6 is 0 Å². The molecule has 1 aromatic heterocycles. The van der Waals surface area contributed by atoms with Crippen molar-refractivity contribution in [1.82, 2.24) is 4.98 Å². The molecule has 5 nitrogen and oxygen atoms in total. The first-order valence-electron chi connectivity index (χ1n) is 8.97. The molecule has 1 heterocycles. The summed E-state index contributed by atoms with van der Waals surface area (Å²) in [4.78, 5) is 27.4. The lowest BCUT2D eigenvalue weighted by Gasteiger charge is -2.19. The van der Waals surface area contributed by atoms with Gasteiger partial charge in [0, 0.05) is 17.1 Å². The summed E-state index contributed by atoms with van der Waals surface area (Å²) < 4.78 is 40.1. The van der Waals surface area contributed by atoms with E-state index in [1.807, 2.05) is 0 Å². The number of alkyl halides is 2. The zero-order valence-electron chi connectivity index (χ0n) is 15.9. The van der Waals surface area contributed by atoms with Crippen LogP contribution in [0.2, 0.25) is 0 Å². The van der Waals surface area contributed by atoms with E-state index in [0.717, 1.165) is 0 Å². The first kappa shape index (κ1) is 20.4. The number of esters is 2. The lowest BCUT2D eigenvalue weighted by atomic mass is 9.96. The number of methoxy groups -OCH3 is 1.